The highest BCUT2D eigenvalue weighted by molar-refractivity contribution is 5.77. The number of aromatic nitrogens is 2. The van der Waals surface area contributed by atoms with Gasteiger partial charge in [-0.2, -0.15) is 5.10 Å². The van der Waals surface area contributed by atoms with Crippen molar-refractivity contribution in [3.05, 3.63) is 17.0 Å². The van der Waals surface area contributed by atoms with Gasteiger partial charge in [-0.25, -0.2) is 0 Å². The Labute approximate surface area is 116 Å². The van der Waals surface area contributed by atoms with Crippen molar-refractivity contribution in [3.63, 3.8) is 0 Å². The van der Waals surface area contributed by atoms with E-state index in [1.165, 1.54) is 17.7 Å². The molecule has 108 valence electrons. The highest BCUT2D eigenvalue weighted by Crippen LogP contribution is 2.13. The normalized spacial score (nSPS) is 11.9. The maximum atomic E-state index is 5.78. The van der Waals surface area contributed by atoms with Crippen LogP contribution in [0.5, 0.6) is 0 Å². The lowest BCUT2D eigenvalue weighted by molar-refractivity contribution is 0.728. The van der Waals surface area contributed by atoms with Crippen molar-refractivity contribution in [3.8, 4) is 0 Å². The minimum Gasteiger partial charge on any atom is -0.370 e. The smallest absolute Gasteiger partial charge is 0.188 e. The van der Waals surface area contributed by atoms with Crippen LogP contribution in [0.15, 0.2) is 4.99 Å². The second kappa shape index (κ2) is 7.81. The number of rotatable bonds is 7. The van der Waals surface area contributed by atoms with Gasteiger partial charge in [0.25, 0.3) is 0 Å². The van der Waals surface area contributed by atoms with Gasteiger partial charge >= 0.3 is 0 Å². The number of guanidine groups is 1. The third-order valence-electron chi connectivity index (χ3n) is 3.36. The molecule has 1 heterocycles. The Morgan fingerprint density at radius 3 is 2.68 bits per heavy atom. The molecule has 0 spiro atoms. The number of unbranched alkanes of at least 4 members (excludes halogenated alkanes) is 1. The Hall–Kier alpha value is -1.52. The van der Waals surface area contributed by atoms with E-state index in [2.05, 4.69) is 36.2 Å². The van der Waals surface area contributed by atoms with Crippen LogP contribution in [0.3, 0.4) is 0 Å². The summed E-state index contributed by atoms with van der Waals surface area (Å²) in [6, 6.07) is 0. The molecular formula is C14H27N5. The Morgan fingerprint density at radius 2 is 2.11 bits per heavy atom. The Morgan fingerprint density at radius 1 is 1.37 bits per heavy atom. The first-order valence-electron chi connectivity index (χ1n) is 7.09. The molecule has 0 aliphatic rings. The molecule has 1 aromatic heterocycles. The first-order valence-corrected chi connectivity index (χ1v) is 7.09. The lowest BCUT2D eigenvalue weighted by Crippen LogP contribution is -2.32. The molecule has 0 radical (unpaired) electrons. The predicted molar refractivity (Wildman–Crippen MR) is 80.4 cm³/mol. The molecule has 0 saturated carbocycles. The Kier molecular flexibility index (Phi) is 6.39. The minimum absolute atomic E-state index is 0.563. The average Bonchev–Trinajstić information content (AvgIpc) is 2.60. The van der Waals surface area contributed by atoms with Gasteiger partial charge in [-0.05, 0) is 38.7 Å². The molecule has 0 amide bonds. The van der Waals surface area contributed by atoms with Crippen LogP contribution >= 0.6 is 0 Å². The molecule has 0 aliphatic carbocycles. The van der Waals surface area contributed by atoms with E-state index in [9.17, 15) is 0 Å². The summed E-state index contributed by atoms with van der Waals surface area (Å²) in [4.78, 5) is 4.33. The molecule has 0 bridgehead atoms. The summed E-state index contributed by atoms with van der Waals surface area (Å²) < 4.78 is 1.94. The highest BCUT2D eigenvalue weighted by Gasteiger charge is 2.08. The Bertz CT molecular complexity index is 420. The van der Waals surface area contributed by atoms with Gasteiger partial charge in [0.1, 0.15) is 0 Å². The van der Waals surface area contributed by atoms with Crippen LogP contribution < -0.4 is 11.1 Å². The van der Waals surface area contributed by atoms with E-state index in [1.54, 1.807) is 0 Å². The molecule has 1 rings (SSSR count). The largest absolute Gasteiger partial charge is 0.370 e. The quantitative estimate of drug-likeness (QED) is 0.448. The van der Waals surface area contributed by atoms with Crippen molar-refractivity contribution in [1.29, 1.82) is 0 Å². The maximum Gasteiger partial charge on any atom is 0.188 e. The van der Waals surface area contributed by atoms with Crippen LogP contribution in [0.25, 0.3) is 0 Å². The molecule has 0 atom stereocenters. The lowest BCUT2D eigenvalue weighted by Gasteiger charge is -2.04. The van der Waals surface area contributed by atoms with Gasteiger partial charge in [0.2, 0.25) is 0 Å². The zero-order valence-corrected chi connectivity index (χ0v) is 12.7. The molecule has 0 aliphatic heterocycles. The number of nitrogens with two attached hydrogens (primary N) is 1. The second-order valence-corrected chi connectivity index (χ2v) is 4.92. The van der Waals surface area contributed by atoms with Gasteiger partial charge in [-0.3, -0.25) is 9.67 Å². The van der Waals surface area contributed by atoms with Crippen LogP contribution in [0.4, 0.5) is 0 Å². The maximum absolute atomic E-state index is 5.78. The van der Waals surface area contributed by atoms with Crippen LogP contribution in [-0.2, 0) is 13.5 Å². The van der Waals surface area contributed by atoms with E-state index in [-0.39, 0.29) is 0 Å². The van der Waals surface area contributed by atoms with Crippen LogP contribution in [-0.4, -0.2) is 28.8 Å². The van der Waals surface area contributed by atoms with E-state index in [0.29, 0.717) is 5.96 Å². The summed E-state index contributed by atoms with van der Waals surface area (Å²) in [5.74, 6) is 0.563. The number of hydrogen-bond donors (Lipinski definition) is 2. The van der Waals surface area contributed by atoms with Gasteiger partial charge in [0.15, 0.2) is 5.96 Å². The lowest BCUT2D eigenvalue weighted by atomic mass is 10.1. The first-order chi connectivity index (χ1) is 9.06. The topological polar surface area (TPSA) is 68.2 Å². The fourth-order valence-corrected chi connectivity index (χ4v) is 2.08. The van der Waals surface area contributed by atoms with E-state index in [0.717, 1.165) is 38.0 Å². The van der Waals surface area contributed by atoms with Crippen molar-refractivity contribution in [2.45, 2.75) is 46.5 Å². The van der Waals surface area contributed by atoms with E-state index in [4.69, 9.17) is 5.73 Å². The number of nitrogens with one attached hydrogen (secondary N) is 1. The third-order valence-corrected chi connectivity index (χ3v) is 3.36. The molecule has 3 N–H and O–H groups in total. The van der Waals surface area contributed by atoms with E-state index >= 15 is 0 Å². The van der Waals surface area contributed by atoms with Crippen molar-refractivity contribution < 1.29 is 0 Å². The van der Waals surface area contributed by atoms with Crippen LogP contribution in [0.1, 0.15) is 43.1 Å². The molecule has 0 aromatic carbocycles. The summed E-state index contributed by atoms with van der Waals surface area (Å²) in [5.41, 5.74) is 9.49. The molecule has 0 fully saturated rings. The standard InChI is InChI=1S/C14H27N5/c1-5-6-9-16-14(15)17-10-7-8-13-11(2)18-19(4)12(13)3/h5-10H2,1-4H3,(H3,15,16,17). The van der Waals surface area contributed by atoms with Gasteiger partial charge < -0.3 is 11.1 Å². The summed E-state index contributed by atoms with van der Waals surface area (Å²) in [6.45, 7) is 8.00. The zero-order valence-electron chi connectivity index (χ0n) is 12.7. The SMILES string of the molecule is CCCCNC(N)=NCCCc1c(C)nn(C)c1C. The summed E-state index contributed by atoms with van der Waals surface area (Å²) >= 11 is 0. The summed E-state index contributed by atoms with van der Waals surface area (Å²) in [7, 11) is 1.99. The van der Waals surface area contributed by atoms with Crippen molar-refractivity contribution in [2.75, 3.05) is 13.1 Å². The second-order valence-electron chi connectivity index (χ2n) is 4.92. The fraction of sp³-hybridized carbons (Fsp3) is 0.714. The molecule has 5 nitrogen and oxygen atoms in total. The van der Waals surface area contributed by atoms with Gasteiger partial charge in [0, 0.05) is 25.8 Å². The van der Waals surface area contributed by atoms with Gasteiger partial charge in [0.05, 0.1) is 5.69 Å². The predicted octanol–water partition coefficient (Wildman–Crippen LogP) is 1.67. The van der Waals surface area contributed by atoms with Crippen molar-refractivity contribution in [1.82, 2.24) is 15.1 Å². The van der Waals surface area contributed by atoms with E-state index in [1.807, 2.05) is 11.7 Å². The van der Waals surface area contributed by atoms with Crippen LogP contribution in [0, 0.1) is 13.8 Å². The minimum atomic E-state index is 0.563. The average molecular weight is 265 g/mol. The first kappa shape index (κ1) is 15.5. The zero-order chi connectivity index (χ0) is 14.3. The van der Waals surface area contributed by atoms with Crippen LogP contribution in [0.2, 0.25) is 0 Å². The number of nitrogens with zero attached hydrogens (tertiary/aromatic N) is 3. The van der Waals surface area contributed by atoms with Crippen molar-refractivity contribution >= 4 is 5.96 Å². The van der Waals surface area contributed by atoms with E-state index < -0.39 is 0 Å². The molecule has 19 heavy (non-hydrogen) atoms. The molecule has 1 aromatic rings. The highest BCUT2D eigenvalue weighted by atomic mass is 15.3. The molecule has 0 unspecified atom stereocenters. The fourth-order valence-electron chi connectivity index (χ4n) is 2.08. The van der Waals surface area contributed by atoms with Crippen molar-refractivity contribution in [2.24, 2.45) is 17.8 Å². The van der Waals surface area contributed by atoms with Gasteiger partial charge in [-0.1, -0.05) is 13.3 Å². The molecule has 5 heteroatoms. The summed E-state index contributed by atoms with van der Waals surface area (Å²) in [5, 5.41) is 7.54. The third kappa shape index (κ3) is 4.93. The number of hydrogen-bond acceptors (Lipinski definition) is 2. The molecular weight excluding hydrogens is 238 g/mol. The monoisotopic (exact) mass is 265 g/mol. The van der Waals surface area contributed by atoms with Gasteiger partial charge in [-0.15, -0.1) is 0 Å². The summed E-state index contributed by atoms with van der Waals surface area (Å²) in [6.07, 6.45) is 4.31. The number of aryl methyl sites for hydroxylation is 2. The molecule has 0 saturated heterocycles. The number of aliphatic imine (C=N–C) groups is 1. The Balaban J connectivity index is 2.32.